The predicted molar refractivity (Wildman–Crippen MR) is 114 cm³/mol. The number of carbonyl (C=O) groups is 1. The van der Waals surface area contributed by atoms with Crippen LogP contribution in [0, 0.1) is 0 Å². The number of ether oxygens (including phenoxy) is 1. The van der Waals surface area contributed by atoms with Crippen LogP contribution in [0.25, 0.3) is 6.08 Å². The number of hydrogen-bond acceptors (Lipinski definition) is 4. The van der Waals surface area contributed by atoms with E-state index >= 15 is 0 Å². The van der Waals surface area contributed by atoms with Crippen LogP contribution in [0.4, 0.5) is 0 Å². The minimum atomic E-state index is -0.512. The molecule has 3 aromatic rings. The molecule has 0 N–H and O–H groups in total. The first-order chi connectivity index (χ1) is 14.1. The van der Waals surface area contributed by atoms with E-state index in [0.717, 1.165) is 16.7 Å². The Morgan fingerprint density at radius 2 is 1.55 bits per heavy atom. The molecule has 1 aliphatic rings. The highest BCUT2D eigenvalue weighted by Gasteiger charge is 2.27. The van der Waals surface area contributed by atoms with Crippen molar-refractivity contribution in [2.24, 2.45) is 5.16 Å². The molecule has 144 valence electrons. The molecule has 4 rings (SSSR count). The molecule has 3 aromatic carbocycles. The summed E-state index contributed by atoms with van der Waals surface area (Å²) in [6.45, 7) is 0.375. The van der Waals surface area contributed by atoms with Crippen LogP contribution in [0.2, 0.25) is 10.0 Å². The van der Waals surface area contributed by atoms with Crippen LogP contribution in [-0.4, -0.2) is 11.7 Å². The van der Waals surface area contributed by atoms with E-state index in [0.29, 0.717) is 33.7 Å². The van der Waals surface area contributed by atoms with Crippen molar-refractivity contribution in [3.8, 4) is 5.75 Å². The zero-order chi connectivity index (χ0) is 20.2. The van der Waals surface area contributed by atoms with Crippen LogP contribution < -0.4 is 4.74 Å². The summed E-state index contributed by atoms with van der Waals surface area (Å²) in [5, 5.41) is 5.20. The molecular formula is C23H15Cl2NO3. The summed E-state index contributed by atoms with van der Waals surface area (Å²) in [5.74, 6) is 0.132. The number of nitrogens with zero attached hydrogens (tertiary/aromatic N) is 1. The number of halogens is 2. The number of carbonyl (C=O) groups excluding carboxylic acids is 1. The maximum absolute atomic E-state index is 12.3. The largest absolute Gasteiger partial charge is 0.488 e. The molecule has 0 atom stereocenters. The molecule has 4 nitrogen and oxygen atoms in total. The number of rotatable bonds is 5. The highest BCUT2D eigenvalue weighted by Crippen LogP contribution is 2.27. The lowest BCUT2D eigenvalue weighted by molar-refractivity contribution is -0.136. The van der Waals surface area contributed by atoms with Crippen molar-refractivity contribution in [2.45, 2.75) is 6.61 Å². The average Bonchev–Trinajstić information content (AvgIpc) is 3.09. The lowest BCUT2D eigenvalue weighted by Crippen LogP contribution is -2.07. The van der Waals surface area contributed by atoms with Crippen molar-refractivity contribution in [3.05, 3.63) is 105 Å². The monoisotopic (exact) mass is 423 g/mol. The first-order valence-corrected chi connectivity index (χ1v) is 9.59. The van der Waals surface area contributed by atoms with Gasteiger partial charge in [-0.3, -0.25) is 0 Å². The van der Waals surface area contributed by atoms with Crippen LogP contribution in [0.15, 0.2) is 83.5 Å². The predicted octanol–water partition coefficient (Wildman–Crippen LogP) is 5.92. The van der Waals surface area contributed by atoms with Crippen molar-refractivity contribution in [3.63, 3.8) is 0 Å². The number of hydrogen-bond donors (Lipinski definition) is 0. The van der Waals surface area contributed by atoms with Crippen molar-refractivity contribution >= 4 is 41.0 Å². The van der Waals surface area contributed by atoms with Gasteiger partial charge in [0.1, 0.15) is 18.1 Å². The second-order valence-electron chi connectivity index (χ2n) is 6.34. The molecule has 0 fully saturated rings. The topological polar surface area (TPSA) is 47.9 Å². The summed E-state index contributed by atoms with van der Waals surface area (Å²) in [5.41, 5.74) is 3.29. The molecule has 0 bridgehead atoms. The maximum atomic E-state index is 12.3. The Morgan fingerprint density at radius 1 is 0.897 bits per heavy atom. The lowest BCUT2D eigenvalue weighted by atomic mass is 10.0. The van der Waals surface area contributed by atoms with Crippen molar-refractivity contribution in [1.29, 1.82) is 0 Å². The van der Waals surface area contributed by atoms with E-state index in [1.807, 2.05) is 48.5 Å². The quantitative estimate of drug-likeness (QED) is 0.378. The van der Waals surface area contributed by atoms with Gasteiger partial charge in [-0.15, -0.1) is 0 Å². The third kappa shape index (κ3) is 4.50. The Hall–Kier alpha value is -3.08. The fourth-order valence-electron chi connectivity index (χ4n) is 2.85. The Labute approximate surface area is 178 Å². The highest BCUT2D eigenvalue weighted by molar-refractivity contribution is 6.32. The van der Waals surface area contributed by atoms with E-state index in [1.54, 1.807) is 30.3 Å². The minimum Gasteiger partial charge on any atom is -0.488 e. The molecule has 1 aliphatic heterocycles. The smallest absolute Gasteiger partial charge is 0.368 e. The van der Waals surface area contributed by atoms with Gasteiger partial charge >= 0.3 is 5.97 Å². The fourth-order valence-corrected chi connectivity index (χ4v) is 3.11. The number of para-hydroxylation sites is 1. The summed E-state index contributed by atoms with van der Waals surface area (Å²) in [6, 6.07) is 22.0. The first kappa shape index (κ1) is 19.2. The van der Waals surface area contributed by atoms with Gasteiger partial charge in [0.25, 0.3) is 0 Å². The summed E-state index contributed by atoms with van der Waals surface area (Å²) in [4.78, 5) is 17.2. The zero-order valence-corrected chi connectivity index (χ0v) is 16.7. The molecule has 0 aromatic heterocycles. The standard InChI is InChI=1S/C23H15Cl2NO3/c24-18-9-5-15(6-10-18)14-28-21-4-2-1-3-17(21)13-20-22(26-29-23(20)27)16-7-11-19(25)12-8-16/h1-13H,14H2/b20-13-. The highest BCUT2D eigenvalue weighted by atomic mass is 35.5. The van der Waals surface area contributed by atoms with Gasteiger partial charge in [0.05, 0.1) is 5.57 Å². The summed E-state index contributed by atoms with van der Waals surface area (Å²) < 4.78 is 5.97. The molecule has 6 heteroatoms. The van der Waals surface area contributed by atoms with Gasteiger partial charge in [-0.1, -0.05) is 70.8 Å². The van der Waals surface area contributed by atoms with Crippen LogP contribution in [0.5, 0.6) is 5.75 Å². The number of oxime groups is 1. The van der Waals surface area contributed by atoms with Crippen LogP contribution in [0.1, 0.15) is 16.7 Å². The summed E-state index contributed by atoms with van der Waals surface area (Å²) in [7, 11) is 0. The Bertz CT molecular complexity index is 1100. The zero-order valence-electron chi connectivity index (χ0n) is 15.1. The van der Waals surface area contributed by atoms with E-state index in [-0.39, 0.29) is 0 Å². The Kier molecular flexibility index (Phi) is 5.65. The second kappa shape index (κ2) is 8.52. The van der Waals surface area contributed by atoms with E-state index in [9.17, 15) is 4.79 Å². The average molecular weight is 424 g/mol. The normalized spacial score (nSPS) is 14.6. The fraction of sp³-hybridized carbons (Fsp3) is 0.0435. The molecule has 0 saturated carbocycles. The molecule has 1 heterocycles. The van der Waals surface area contributed by atoms with Crippen molar-refractivity contribution in [1.82, 2.24) is 0 Å². The first-order valence-electron chi connectivity index (χ1n) is 8.84. The summed E-state index contributed by atoms with van der Waals surface area (Å²) >= 11 is 11.9. The third-order valence-corrected chi connectivity index (χ3v) is 4.84. The lowest BCUT2D eigenvalue weighted by Gasteiger charge is -2.10. The van der Waals surface area contributed by atoms with E-state index < -0.39 is 5.97 Å². The van der Waals surface area contributed by atoms with Gasteiger partial charge < -0.3 is 9.57 Å². The Morgan fingerprint density at radius 3 is 2.28 bits per heavy atom. The third-order valence-electron chi connectivity index (χ3n) is 4.34. The molecule has 0 amide bonds. The maximum Gasteiger partial charge on any atom is 0.368 e. The molecule has 29 heavy (non-hydrogen) atoms. The van der Waals surface area contributed by atoms with E-state index in [2.05, 4.69) is 5.16 Å². The summed E-state index contributed by atoms with van der Waals surface area (Å²) in [6.07, 6.45) is 1.72. The second-order valence-corrected chi connectivity index (χ2v) is 7.21. The van der Waals surface area contributed by atoms with Gasteiger partial charge in [-0.2, -0.15) is 0 Å². The molecule has 0 unspecified atom stereocenters. The molecule has 0 aliphatic carbocycles. The van der Waals surface area contributed by atoms with Crippen LogP contribution >= 0.6 is 23.2 Å². The van der Waals surface area contributed by atoms with Crippen LogP contribution in [0.3, 0.4) is 0 Å². The van der Waals surface area contributed by atoms with Gasteiger partial charge in [0.2, 0.25) is 0 Å². The minimum absolute atomic E-state index is 0.356. The van der Waals surface area contributed by atoms with Crippen LogP contribution in [-0.2, 0) is 16.2 Å². The van der Waals surface area contributed by atoms with E-state index in [1.165, 1.54) is 0 Å². The molecule has 0 saturated heterocycles. The number of benzene rings is 3. The molecular weight excluding hydrogens is 409 g/mol. The van der Waals surface area contributed by atoms with Gasteiger partial charge in [0, 0.05) is 21.2 Å². The van der Waals surface area contributed by atoms with Gasteiger partial charge in [-0.05, 0) is 42.0 Å². The Balaban J connectivity index is 1.61. The van der Waals surface area contributed by atoms with E-state index in [4.69, 9.17) is 32.8 Å². The molecule has 0 radical (unpaired) electrons. The van der Waals surface area contributed by atoms with Gasteiger partial charge in [0.15, 0.2) is 0 Å². The van der Waals surface area contributed by atoms with Crippen molar-refractivity contribution < 1.29 is 14.4 Å². The SMILES string of the molecule is O=C1ON=C(c2ccc(Cl)cc2)/C1=C/c1ccccc1OCc1ccc(Cl)cc1. The molecule has 0 spiro atoms. The van der Waals surface area contributed by atoms with Crippen molar-refractivity contribution in [2.75, 3.05) is 0 Å². The van der Waals surface area contributed by atoms with Gasteiger partial charge in [-0.25, -0.2) is 4.79 Å².